The van der Waals surface area contributed by atoms with Gasteiger partial charge in [0.25, 0.3) is 0 Å². The van der Waals surface area contributed by atoms with Crippen LogP contribution < -0.4 is 22.5 Å². The van der Waals surface area contributed by atoms with E-state index in [0.717, 1.165) is 22.2 Å². The van der Waals surface area contributed by atoms with Gasteiger partial charge in [0, 0.05) is 35.6 Å². The van der Waals surface area contributed by atoms with Crippen LogP contribution in [0.5, 0.6) is 0 Å². The summed E-state index contributed by atoms with van der Waals surface area (Å²) in [6.45, 7) is 0. The topological polar surface area (TPSA) is 133 Å². The lowest BCUT2D eigenvalue weighted by molar-refractivity contribution is 0.653. The molecule has 0 fully saturated rings. The summed E-state index contributed by atoms with van der Waals surface area (Å²) in [4.78, 5) is 12.6. The highest BCUT2D eigenvalue weighted by atomic mass is 15.2. The molecular weight excluding hydrogens is 280 g/mol. The van der Waals surface area contributed by atoms with E-state index in [1.807, 2.05) is 12.1 Å². The molecule has 0 saturated carbocycles. The molecule has 0 spiro atoms. The molecule has 8 nitrogen and oxygen atoms in total. The van der Waals surface area contributed by atoms with E-state index in [2.05, 4.69) is 20.3 Å². The van der Waals surface area contributed by atoms with Gasteiger partial charge < -0.3 is 16.8 Å². The lowest BCUT2D eigenvalue weighted by atomic mass is 10.1. The Morgan fingerprint density at radius 3 is 2.77 bits per heavy atom. The monoisotopic (exact) mass is 294 g/mol. The highest BCUT2D eigenvalue weighted by molar-refractivity contribution is 6.08. The van der Waals surface area contributed by atoms with Gasteiger partial charge in [-0.05, 0) is 18.2 Å². The normalized spacial score (nSPS) is 17.7. The summed E-state index contributed by atoms with van der Waals surface area (Å²) < 4.78 is 1.78. The number of aromatic nitrogens is 3. The molecule has 4 rings (SSSR count). The first-order valence-corrected chi connectivity index (χ1v) is 6.72. The van der Waals surface area contributed by atoms with Crippen molar-refractivity contribution in [3.05, 3.63) is 36.2 Å². The number of hydrogen-bond donors (Lipinski definition) is 4. The molecule has 7 N–H and O–H groups in total. The third-order valence-corrected chi connectivity index (χ3v) is 3.65. The van der Waals surface area contributed by atoms with Crippen molar-refractivity contribution in [1.82, 2.24) is 19.7 Å². The number of allylic oxidation sites excluding steroid dienone is 1. The predicted molar refractivity (Wildman–Crippen MR) is 86.9 cm³/mol. The van der Waals surface area contributed by atoms with Crippen LogP contribution in [0.15, 0.2) is 35.6 Å². The van der Waals surface area contributed by atoms with Crippen LogP contribution in [0.1, 0.15) is 5.56 Å². The molecule has 0 saturated heterocycles. The van der Waals surface area contributed by atoms with Gasteiger partial charge in [-0.15, -0.1) is 0 Å². The van der Waals surface area contributed by atoms with Crippen molar-refractivity contribution in [1.29, 1.82) is 0 Å². The maximum absolute atomic E-state index is 6.18. The minimum absolute atomic E-state index is 0.348. The zero-order valence-corrected chi connectivity index (χ0v) is 11.6. The third-order valence-electron chi connectivity index (χ3n) is 3.65. The summed E-state index contributed by atoms with van der Waals surface area (Å²) in [5.74, 6) is 0.348. The van der Waals surface area contributed by atoms with E-state index in [4.69, 9.17) is 17.2 Å². The molecular formula is C14H14N8. The molecule has 1 unspecified atom stereocenters. The van der Waals surface area contributed by atoms with Gasteiger partial charge in [0.05, 0.1) is 10.9 Å². The Kier molecular flexibility index (Phi) is 2.54. The lowest BCUT2D eigenvalue weighted by Gasteiger charge is -2.17. The van der Waals surface area contributed by atoms with Crippen LogP contribution in [0.4, 0.5) is 11.6 Å². The van der Waals surface area contributed by atoms with Crippen LogP contribution in [-0.4, -0.2) is 26.9 Å². The van der Waals surface area contributed by atoms with Gasteiger partial charge in [-0.3, -0.25) is 15.1 Å². The second-order valence-corrected chi connectivity index (χ2v) is 4.97. The SMILES string of the molecule is Nc1ccnc2c1c(C1=CC=NC(N)N1)c1ccnc(N)n12. The van der Waals surface area contributed by atoms with Gasteiger partial charge in [-0.2, -0.15) is 0 Å². The van der Waals surface area contributed by atoms with Crippen molar-refractivity contribution in [2.24, 2.45) is 10.7 Å². The van der Waals surface area contributed by atoms with Crippen LogP contribution in [0.2, 0.25) is 0 Å². The number of aliphatic imine (C=N–C) groups is 1. The maximum Gasteiger partial charge on any atom is 0.206 e. The first-order valence-electron chi connectivity index (χ1n) is 6.72. The van der Waals surface area contributed by atoms with Crippen molar-refractivity contribution in [3.63, 3.8) is 0 Å². The molecule has 1 aliphatic rings. The van der Waals surface area contributed by atoms with Crippen LogP contribution in [0, 0.1) is 0 Å². The number of nitrogens with zero attached hydrogens (tertiary/aromatic N) is 4. The molecule has 0 aliphatic carbocycles. The number of nitrogens with one attached hydrogen (secondary N) is 1. The summed E-state index contributed by atoms with van der Waals surface area (Å²) >= 11 is 0. The minimum Gasteiger partial charge on any atom is -0.398 e. The zero-order chi connectivity index (χ0) is 15.3. The maximum atomic E-state index is 6.18. The van der Waals surface area contributed by atoms with E-state index in [1.165, 1.54) is 0 Å². The Balaban J connectivity index is 2.18. The lowest BCUT2D eigenvalue weighted by Crippen LogP contribution is -2.36. The molecule has 4 heterocycles. The number of nitrogens with two attached hydrogens (primary N) is 3. The summed E-state index contributed by atoms with van der Waals surface area (Å²) in [5, 5.41) is 3.94. The van der Waals surface area contributed by atoms with Gasteiger partial charge in [-0.1, -0.05) is 0 Å². The molecule has 3 aromatic heterocycles. The van der Waals surface area contributed by atoms with Crippen molar-refractivity contribution in [2.45, 2.75) is 6.29 Å². The fourth-order valence-corrected chi connectivity index (χ4v) is 2.76. The molecule has 0 bridgehead atoms. The number of rotatable bonds is 1. The summed E-state index contributed by atoms with van der Waals surface area (Å²) in [6, 6.07) is 3.62. The van der Waals surface area contributed by atoms with Gasteiger partial charge in [0.15, 0.2) is 6.29 Å². The molecule has 0 radical (unpaired) electrons. The minimum atomic E-state index is -0.498. The fraction of sp³-hybridized carbons (Fsp3) is 0.0714. The number of anilines is 2. The van der Waals surface area contributed by atoms with Crippen molar-refractivity contribution in [2.75, 3.05) is 11.5 Å². The van der Waals surface area contributed by atoms with Gasteiger partial charge in [0.1, 0.15) is 5.65 Å². The fourth-order valence-electron chi connectivity index (χ4n) is 2.76. The average molecular weight is 294 g/mol. The van der Waals surface area contributed by atoms with E-state index in [0.29, 0.717) is 17.3 Å². The first kappa shape index (κ1) is 12.6. The van der Waals surface area contributed by atoms with Crippen molar-refractivity contribution in [3.8, 4) is 0 Å². The van der Waals surface area contributed by atoms with Gasteiger partial charge >= 0.3 is 0 Å². The van der Waals surface area contributed by atoms with Crippen molar-refractivity contribution < 1.29 is 0 Å². The van der Waals surface area contributed by atoms with E-state index in [-0.39, 0.29) is 0 Å². The number of nitrogen functional groups attached to an aromatic ring is 2. The smallest absolute Gasteiger partial charge is 0.206 e. The highest BCUT2D eigenvalue weighted by Crippen LogP contribution is 2.34. The average Bonchev–Trinajstić information content (AvgIpc) is 2.84. The van der Waals surface area contributed by atoms with Crippen molar-refractivity contribution >= 4 is 40.1 Å². The Morgan fingerprint density at radius 1 is 1.14 bits per heavy atom. The molecule has 22 heavy (non-hydrogen) atoms. The van der Waals surface area contributed by atoms with Crippen LogP contribution in [0.3, 0.4) is 0 Å². The van der Waals surface area contributed by atoms with Gasteiger partial charge in [-0.25, -0.2) is 9.97 Å². The highest BCUT2D eigenvalue weighted by Gasteiger charge is 2.21. The molecule has 0 amide bonds. The molecule has 3 aromatic rings. The number of fused-ring (bicyclic) bond motifs is 3. The Labute approximate surface area is 125 Å². The second-order valence-electron chi connectivity index (χ2n) is 4.97. The Morgan fingerprint density at radius 2 is 1.95 bits per heavy atom. The van der Waals surface area contributed by atoms with Crippen LogP contribution in [0.25, 0.3) is 22.2 Å². The predicted octanol–water partition coefficient (Wildman–Crippen LogP) is 0.304. The summed E-state index contributed by atoms with van der Waals surface area (Å²) in [7, 11) is 0. The molecule has 110 valence electrons. The second kappa shape index (κ2) is 4.43. The van der Waals surface area contributed by atoms with Crippen LogP contribution >= 0.6 is 0 Å². The molecule has 1 aliphatic heterocycles. The largest absolute Gasteiger partial charge is 0.398 e. The van der Waals surface area contributed by atoms with E-state index < -0.39 is 6.29 Å². The van der Waals surface area contributed by atoms with E-state index in [1.54, 1.807) is 29.1 Å². The molecule has 0 aromatic carbocycles. The molecule has 8 heteroatoms. The first-order chi connectivity index (χ1) is 10.7. The number of pyridine rings is 1. The molecule has 1 atom stereocenters. The zero-order valence-electron chi connectivity index (χ0n) is 11.6. The standard InChI is InChI=1S/C14H14N8/c15-7-1-4-18-12-10(7)11(8-2-5-19-13(16)21-8)9-3-6-20-14(17)22(9)12/h1-6,13,21H,16H2,(H2,15,18)(H2,17,20). The summed E-state index contributed by atoms with van der Waals surface area (Å²) in [6.07, 6.45) is 6.32. The van der Waals surface area contributed by atoms with Gasteiger partial charge in [0.2, 0.25) is 5.95 Å². The van der Waals surface area contributed by atoms with E-state index in [9.17, 15) is 0 Å². The Hall–Kier alpha value is -3.13. The Bertz CT molecular complexity index is 952. The number of hydrogen-bond acceptors (Lipinski definition) is 7. The quantitative estimate of drug-likeness (QED) is 0.510. The summed E-state index contributed by atoms with van der Waals surface area (Å²) in [5.41, 5.74) is 21.9. The van der Waals surface area contributed by atoms with Crippen LogP contribution in [-0.2, 0) is 0 Å². The third kappa shape index (κ3) is 1.64. The van der Waals surface area contributed by atoms with E-state index >= 15 is 0 Å².